The zero-order chi connectivity index (χ0) is 16.9. The van der Waals surface area contributed by atoms with Crippen LogP contribution in [0.1, 0.15) is 16.5 Å². The fourth-order valence-corrected chi connectivity index (χ4v) is 3.71. The normalized spacial score (nSPS) is 17.0. The van der Waals surface area contributed by atoms with Gasteiger partial charge in [-0.25, -0.2) is 0 Å². The summed E-state index contributed by atoms with van der Waals surface area (Å²) in [6.07, 6.45) is -0.0315. The van der Waals surface area contributed by atoms with Crippen molar-refractivity contribution in [1.29, 1.82) is 0 Å². The molecule has 1 aromatic carbocycles. The molecule has 2 aromatic rings. The third-order valence-electron chi connectivity index (χ3n) is 4.30. The van der Waals surface area contributed by atoms with Crippen LogP contribution in [0.15, 0.2) is 41.8 Å². The molecule has 1 amide bonds. The molecule has 1 aromatic heterocycles. The van der Waals surface area contributed by atoms with E-state index in [0.29, 0.717) is 31.1 Å². The molecule has 1 N–H and O–H groups in total. The van der Waals surface area contributed by atoms with E-state index in [1.54, 1.807) is 11.3 Å². The monoisotopic (exact) mass is 364 g/mol. The van der Waals surface area contributed by atoms with Gasteiger partial charge in [0.2, 0.25) is 5.91 Å². The van der Waals surface area contributed by atoms with Crippen LogP contribution in [-0.4, -0.2) is 53.5 Å². The second kappa shape index (κ2) is 8.12. The highest BCUT2D eigenvalue weighted by Gasteiger charge is 2.23. The molecule has 128 valence electrons. The molecule has 1 fully saturated rings. The molecular weight excluding hydrogens is 344 g/mol. The summed E-state index contributed by atoms with van der Waals surface area (Å²) < 4.78 is 0. The lowest BCUT2D eigenvalue weighted by atomic mass is 10.1. The Bertz CT molecular complexity index is 652. The summed E-state index contributed by atoms with van der Waals surface area (Å²) in [7, 11) is 0. The maximum Gasteiger partial charge on any atom is 0.227 e. The van der Waals surface area contributed by atoms with E-state index in [1.165, 1.54) is 0 Å². The number of amides is 1. The summed E-state index contributed by atoms with van der Waals surface area (Å²) in [5.41, 5.74) is 0.986. The molecule has 1 atom stereocenters. The molecular formula is C18H21ClN2O2S. The zero-order valence-electron chi connectivity index (χ0n) is 13.4. The predicted molar refractivity (Wildman–Crippen MR) is 97.5 cm³/mol. The maximum atomic E-state index is 12.4. The minimum absolute atomic E-state index is 0.149. The zero-order valence-corrected chi connectivity index (χ0v) is 15.0. The standard InChI is InChI=1S/C18H21ClN2O2S/c19-15-5-3-14(4-6-15)12-18(23)21-9-7-20(8-10-21)13-16(22)17-2-1-11-24-17/h1-6,11,16,22H,7-10,12-13H2. The van der Waals surface area contributed by atoms with Gasteiger partial charge in [0.1, 0.15) is 6.10 Å². The Labute approximate surface area is 151 Å². The predicted octanol–water partition coefficient (Wildman–Crippen LogP) is 2.82. The third kappa shape index (κ3) is 4.57. The number of carbonyl (C=O) groups excluding carboxylic acids is 1. The van der Waals surface area contributed by atoms with Gasteiger partial charge in [-0.15, -0.1) is 11.3 Å². The largest absolute Gasteiger partial charge is 0.386 e. The Morgan fingerprint density at radius 3 is 2.50 bits per heavy atom. The van der Waals surface area contributed by atoms with Crippen LogP contribution in [0.3, 0.4) is 0 Å². The molecule has 24 heavy (non-hydrogen) atoms. The van der Waals surface area contributed by atoms with Gasteiger partial charge < -0.3 is 10.0 Å². The van der Waals surface area contributed by atoms with Crippen molar-refractivity contribution < 1.29 is 9.90 Å². The van der Waals surface area contributed by atoms with E-state index < -0.39 is 6.10 Å². The fourth-order valence-electron chi connectivity index (χ4n) is 2.88. The van der Waals surface area contributed by atoms with E-state index in [0.717, 1.165) is 23.5 Å². The number of rotatable bonds is 5. The highest BCUT2D eigenvalue weighted by molar-refractivity contribution is 7.10. The lowest BCUT2D eigenvalue weighted by Gasteiger charge is -2.35. The van der Waals surface area contributed by atoms with Crippen LogP contribution in [-0.2, 0) is 11.2 Å². The first kappa shape index (κ1) is 17.4. The number of carbonyl (C=O) groups is 1. The van der Waals surface area contributed by atoms with Crippen molar-refractivity contribution in [3.63, 3.8) is 0 Å². The van der Waals surface area contributed by atoms with Gasteiger partial charge in [0.05, 0.1) is 6.42 Å². The van der Waals surface area contributed by atoms with Crippen molar-refractivity contribution in [2.24, 2.45) is 0 Å². The molecule has 4 nitrogen and oxygen atoms in total. The van der Waals surface area contributed by atoms with Crippen LogP contribution in [0.2, 0.25) is 5.02 Å². The highest BCUT2D eigenvalue weighted by atomic mass is 35.5. The number of nitrogens with zero attached hydrogens (tertiary/aromatic N) is 2. The summed E-state index contributed by atoms with van der Waals surface area (Å²) in [5, 5.41) is 12.9. The molecule has 1 saturated heterocycles. The van der Waals surface area contributed by atoms with E-state index in [1.807, 2.05) is 46.7 Å². The Kier molecular flexibility index (Phi) is 5.89. The second-order valence-electron chi connectivity index (χ2n) is 6.02. The van der Waals surface area contributed by atoms with Crippen molar-refractivity contribution in [3.8, 4) is 0 Å². The van der Waals surface area contributed by atoms with Gasteiger partial charge in [-0.2, -0.15) is 0 Å². The van der Waals surface area contributed by atoms with Crippen LogP contribution < -0.4 is 0 Å². The highest BCUT2D eigenvalue weighted by Crippen LogP contribution is 2.20. The number of thiophene rings is 1. The van der Waals surface area contributed by atoms with Crippen molar-refractivity contribution >= 4 is 28.8 Å². The first-order valence-corrected chi connectivity index (χ1v) is 9.33. The number of halogens is 1. The van der Waals surface area contributed by atoms with Gasteiger partial charge in [0, 0.05) is 42.6 Å². The van der Waals surface area contributed by atoms with Crippen LogP contribution in [0.25, 0.3) is 0 Å². The molecule has 0 radical (unpaired) electrons. The summed E-state index contributed by atoms with van der Waals surface area (Å²) in [5.74, 6) is 0.149. The van der Waals surface area contributed by atoms with Crippen molar-refractivity contribution in [1.82, 2.24) is 9.80 Å². The van der Waals surface area contributed by atoms with Gasteiger partial charge in [-0.1, -0.05) is 29.8 Å². The minimum Gasteiger partial charge on any atom is -0.386 e. The summed E-state index contributed by atoms with van der Waals surface area (Å²) in [4.78, 5) is 17.5. The molecule has 1 aliphatic heterocycles. The average molecular weight is 365 g/mol. The Balaban J connectivity index is 1.46. The topological polar surface area (TPSA) is 43.8 Å². The van der Waals surface area contributed by atoms with Crippen LogP contribution >= 0.6 is 22.9 Å². The quantitative estimate of drug-likeness (QED) is 0.887. The molecule has 1 unspecified atom stereocenters. The maximum absolute atomic E-state index is 12.4. The van der Waals surface area contributed by atoms with Crippen LogP contribution in [0.5, 0.6) is 0 Å². The molecule has 0 bridgehead atoms. The summed E-state index contributed by atoms with van der Waals surface area (Å²) in [6.45, 7) is 3.65. The number of hydrogen-bond donors (Lipinski definition) is 1. The number of β-amino-alcohol motifs (C(OH)–C–C–N with tert-alkyl or cyclic N) is 1. The van der Waals surface area contributed by atoms with Gasteiger partial charge in [-0.3, -0.25) is 9.69 Å². The molecule has 0 spiro atoms. The van der Waals surface area contributed by atoms with E-state index in [-0.39, 0.29) is 5.91 Å². The molecule has 2 heterocycles. The molecule has 0 aliphatic carbocycles. The number of hydrogen-bond acceptors (Lipinski definition) is 4. The van der Waals surface area contributed by atoms with E-state index in [2.05, 4.69) is 4.90 Å². The van der Waals surface area contributed by atoms with Crippen molar-refractivity contribution in [2.75, 3.05) is 32.7 Å². The van der Waals surface area contributed by atoms with E-state index in [4.69, 9.17) is 11.6 Å². The first-order valence-electron chi connectivity index (χ1n) is 8.08. The van der Waals surface area contributed by atoms with Gasteiger partial charge in [0.15, 0.2) is 0 Å². The SMILES string of the molecule is O=C(Cc1ccc(Cl)cc1)N1CCN(CC(O)c2cccs2)CC1. The number of benzene rings is 1. The average Bonchev–Trinajstić information content (AvgIpc) is 3.12. The Hall–Kier alpha value is -1.40. The summed E-state index contributed by atoms with van der Waals surface area (Å²) in [6, 6.07) is 11.3. The molecule has 1 aliphatic rings. The van der Waals surface area contributed by atoms with Crippen molar-refractivity contribution in [2.45, 2.75) is 12.5 Å². The molecule has 0 saturated carbocycles. The smallest absolute Gasteiger partial charge is 0.227 e. The minimum atomic E-state index is -0.443. The van der Waals surface area contributed by atoms with Gasteiger partial charge >= 0.3 is 0 Å². The Morgan fingerprint density at radius 2 is 1.88 bits per heavy atom. The number of aliphatic hydroxyl groups is 1. The first-order chi connectivity index (χ1) is 11.6. The second-order valence-corrected chi connectivity index (χ2v) is 7.43. The fraction of sp³-hybridized carbons (Fsp3) is 0.389. The molecule has 6 heteroatoms. The lowest BCUT2D eigenvalue weighted by Crippen LogP contribution is -2.49. The lowest BCUT2D eigenvalue weighted by molar-refractivity contribution is -0.132. The van der Waals surface area contributed by atoms with E-state index >= 15 is 0 Å². The van der Waals surface area contributed by atoms with Gasteiger partial charge in [-0.05, 0) is 29.1 Å². The number of aliphatic hydroxyl groups excluding tert-OH is 1. The molecule has 3 rings (SSSR count). The number of piperazine rings is 1. The van der Waals surface area contributed by atoms with E-state index in [9.17, 15) is 9.90 Å². The van der Waals surface area contributed by atoms with Crippen molar-refractivity contribution in [3.05, 3.63) is 57.2 Å². The van der Waals surface area contributed by atoms with Crippen LogP contribution in [0.4, 0.5) is 0 Å². The summed E-state index contributed by atoms with van der Waals surface area (Å²) >= 11 is 7.45. The van der Waals surface area contributed by atoms with Gasteiger partial charge in [0.25, 0.3) is 0 Å². The van der Waals surface area contributed by atoms with Crippen LogP contribution in [0, 0.1) is 0 Å². The third-order valence-corrected chi connectivity index (χ3v) is 5.52. The Morgan fingerprint density at radius 1 is 1.17 bits per heavy atom.